The minimum atomic E-state index is 0.696. The number of hydrogen-bond acceptors (Lipinski definition) is 1. The number of carbonyl (C=O) groups excluding carboxylic acids is 1. The van der Waals surface area contributed by atoms with Crippen LogP contribution in [0.4, 0.5) is 0 Å². The first-order valence-corrected chi connectivity index (χ1v) is 4.03. The topological polar surface area (TPSA) is 17.1 Å². The van der Waals surface area contributed by atoms with Gasteiger partial charge >= 0.3 is 0 Å². The second kappa shape index (κ2) is 7.26. The Labute approximate surface area is 68.8 Å². The number of rotatable bonds is 6. The second-order valence-electron chi connectivity index (χ2n) is 2.66. The number of hydrogen-bond donors (Lipinski definition) is 0. The van der Waals surface area contributed by atoms with Gasteiger partial charge in [-0.1, -0.05) is 24.3 Å². The van der Waals surface area contributed by atoms with E-state index in [9.17, 15) is 4.79 Å². The fourth-order valence-corrected chi connectivity index (χ4v) is 0.916. The molecule has 11 heavy (non-hydrogen) atoms. The Morgan fingerprint density at radius 1 is 1.45 bits per heavy atom. The van der Waals surface area contributed by atoms with Crippen LogP contribution in [0.3, 0.4) is 0 Å². The van der Waals surface area contributed by atoms with E-state index in [0.29, 0.717) is 6.42 Å². The zero-order chi connectivity index (χ0) is 8.53. The van der Waals surface area contributed by atoms with Crippen LogP contribution in [0.2, 0.25) is 0 Å². The number of unbranched alkanes of at least 4 members (excludes halogenated alkanes) is 2. The van der Waals surface area contributed by atoms with E-state index in [4.69, 9.17) is 0 Å². The van der Waals surface area contributed by atoms with Crippen LogP contribution < -0.4 is 0 Å². The maximum absolute atomic E-state index is 9.94. The molecule has 1 nitrogen and oxygen atoms in total. The van der Waals surface area contributed by atoms with Gasteiger partial charge in [0.25, 0.3) is 0 Å². The van der Waals surface area contributed by atoms with Crippen molar-refractivity contribution in [3.05, 3.63) is 24.3 Å². The lowest BCUT2D eigenvalue weighted by atomic mass is 10.1. The van der Waals surface area contributed by atoms with Crippen LogP contribution in [0, 0.1) is 0 Å². The van der Waals surface area contributed by atoms with Gasteiger partial charge < -0.3 is 4.79 Å². The molecule has 0 spiro atoms. The van der Waals surface area contributed by atoms with E-state index < -0.39 is 0 Å². The lowest BCUT2D eigenvalue weighted by Crippen LogP contribution is -1.80. The molecule has 0 aromatic heterocycles. The maximum atomic E-state index is 9.94. The van der Waals surface area contributed by atoms with Gasteiger partial charge in [0.05, 0.1) is 0 Å². The molecule has 0 fully saturated rings. The highest BCUT2D eigenvalue weighted by Crippen LogP contribution is 2.06. The van der Waals surface area contributed by atoms with E-state index in [1.165, 1.54) is 5.57 Å². The van der Waals surface area contributed by atoms with E-state index in [-0.39, 0.29) is 0 Å². The summed E-state index contributed by atoms with van der Waals surface area (Å²) in [6.45, 7) is 5.70. The van der Waals surface area contributed by atoms with Crippen LogP contribution in [0.15, 0.2) is 24.3 Å². The van der Waals surface area contributed by atoms with Crippen molar-refractivity contribution >= 4 is 6.29 Å². The van der Waals surface area contributed by atoms with Crippen molar-refractivity contribution < 1.29 is 4.79 Å². The summed E-state index contributed by atoms with van der Waals surface area (Å²) in [6, 6.07) is 0. The Kier molecular flexibility index (Phi) is 6.70. The normalized spacial score (nSPS) is 11.2. The lowest BCUT2D eigenvalue weighted by Gasteiger charge is -1.96. The van der Waals surface area contributed by atoms with E-state index in [0.717, 1.165) is 25.5 Å². The van der Waals surface area contributed by atoms with Crippen LogP contribution in [0.1, 0.15) is 32.6 Å². The molecule has 0 aliphatic carbocycles. The molecular weight excluding hydrogens is 136 g/mol. The molecular formula is C10H16O. The molecule has 0 unspecified atom stereocenters. The van der Waals surface area contributed by atoms with Gasteiger partial charge in [0, 0.05) is 6.42 Å². The molecule has 0 bridgehead atoms. The standard InChI is InChI=1S/C10H16O/c1-3-7-10(2)8-5-4-6-9-11/h3,7,9H,1,4-6,8H2,2H3/b10-7+. The molecule has 0 aromatic rings. The quantitative estimate of drug-likeness (QED) is 0.325. The van der Waals surface area contributed by atoms with E-state index in [2.05, 4.69) is 13.5 Å². The van der Waals surface area contributed by atoms with Gasteiger partial charge in [0.2, 0.25) is 0 Å². The zero-order valence-electron chi connectivity index (χ0n) is 7.18. The SMILES string of the molecule is C=C/C=C(\C)CCCCC=O. The molecule has 0 radical (unpaired) electrons. The van der Waals surface area contributed by atoms with Crippen LogP contribution in [0.25, 0.3) is 0 Å². The first-order valence-electron chi connectivity index (χ1n) is 4.03. The minimum Gasteiger partial charge on any atom is -0.303 e. The summed E-state index contributed by atoms with van der Waals surface area (Å²) in [5.74, 6) is 0. The molecule has 0 heterocycles. The predicted octanol–water partition coefficient (Wildman–Crippen LogP) is 2.88. The average Bonchev–Trinajstić information content (AvgIpc) is 1.99. The first kappa shape index (κ1) is 10.2. The van der Waals surface area contributed by atoms with Gasteiger partial charge in [0.15, 0.2) is 0 Å². The molecule has 0 saturated heterocycles. The van der Waals surface area contributed by atoms with E-state index in [1.807, 2.05) is 6.08 Å². The summed E-state index contributed by atoms with van der Waals surface area (Å²) in [4.78, 5) is 9.94. The summed E-state index contributed by atoms with van der Waals surface area (Å²) >= 11 is 0. The summed E-state index contributed by atoms with van der Waals surface area (Å²) in [5, 5.41) is 0. The third kappa shape index (κ3) is 7.04. The first-order chi connectivity index (χ1) is 5.31. The second-order valence-corrected chi connectivity index (χ2v) is 2.66. The highest BCUT2D eigenvalue weighted by Gasteiger charge is 1.89. The molecule has 0 amide bonds. The highest BCUT2D eigenvalue weighted by molar-refractivity contribution is 5.48. The molecule has 62 valence electrons. The van der Waals surface area contributed by atoms with Gasteiger partial charge in [-0.05, 0) is 26.2 Å². The summed E-state index contributed by atoms with van der Waals surface area (Å²) in [6.07, 6.45) is 8.69. The van der Waals surface area contributed by atoms with Crippen molar-refractivity contribution in [1.29, 1.82) is 0 Å². The van der Waals surface area contributed by atoms with Crippen molar-refractivity contribution in [2.45, 2.75) is 32.6 Å². The number of carbonyl (C=O) groups is 1. The smallest absolute Gasteiger partial charge is 0.119 e. The van der Waals surface area contributed by atoms with E-state index in [1.54, 1.807) is 6.08 Å². The Morgan fingerprint density at radius 2 is 2.18 bits per heavy atom. The monoisotopic (exact) mass is 152 g/mol. The predicted molar refractivity (Wildman–Crippen MR) is 48.5 cm³/mol. The lowest BCUT2D eigenvalue weighted by molar-refractivity contribution is -0.107. The van der Waals surface area contributed by atoms with Crippen molar-refractivity contribution in [3.8, 4) is 0 Å². The molecule has 0 aliphatic rings. The summed E-state index contributed by atoms with van der Waals surface area (Å²) < 4.78 is 0. The third-order valence-corrected chi connectivity index (χ3v) is 1.55. The molecule has 0 aliphatic heterocycles. The fraction of sp³-hybridized carbons (Fsp3) is 0.500. The van der Waals surface area contributed by atoms with Gasteiger partial charge in [-0.3, -0.25) is 0 Å². The summed E-state index contributed by atoms with van der Waals surface area (Å²) in [7, 11) is 0. The van der Waals surface area contributed by atoms with Gasteiger partial charge in [-0.15, -0.1) is 0 Å². The Morgan fingerprint density at radius 3 is 2.73 bits per heavy atom. The van der Waals surface area contributed by atoms with Crippen molar-refractivity contribution in [1.82, 2.24) is 0 Å². The third-order valence-electron chi connectivity index (χ3n) is 1.55. The van der Waals surface area contributed by atoms with Crippen molar-refractivity contribution in [3.63, 3.8) is 0 Å². The molecule has 0 rings (SSSR count). The van der Waals surface area contributed by atoms with Gasteiger partial charge in [-0.25, -0.2) is 0 Å². The van der Waals surface area contributed by atoms with Gasteiger partial charge in [-0.2, -0.15) is 0 Å². The average molecular weight is 152 g/mol. The fourth-order valence-electron chi connectivity index (χ4n) is 0.916. The van der Waals surface area contributed by atoms with Crippen LogP contribution in [0.5, 0.6) is 0 Å². The number of aldehydes is 1. The minimum absolute atomic E-state index is 0.696. The Balaban J connectivity index is 3.30. The molecule has 0 aromatic carbocycles. The van der Waals surface area contributed by atoms with Gasteiger partial charge in [0.1, 0.15) is 6.29 Å². The summed E-state index contributed by atoms with van der Waals surface area (Å²) in [5.41, 5.74) is 1.34. The molecule has 0 saturated carbocycles. The molecule has 1 heteroatoms. The van der Waals surface area contributed by atoms with E-state index >= 15 is 0 Å². The molecule has 0 atom stereocenters. The van der Waals surface area contributed by atoms with Crippen molar-refractivity contribution in [2.24, 2.45) is 0 Å². The maximum Gasteiger partial charge on any atom is 0.119 e. The highest BCUT2D eigenvalue weighted by atomic mass is 16.1. The van der Waals surface area contributed by atoms with Crippen LogP contribution >= 0.6 is 0 Å². The van der Waals surface area contributed by atoms with Crippen molar-refractivity contribution in [2.75, 3.05) is 0 Å². The van der Waals surface area contributed by atoms with Crippen LogP contribution in [-0.2, 0) is 4.79 Å². The zero-order valence-corrected chi connectivity index (χ0v) is 7.18. The number of allylic oxidation sites excluding steroid dienone is 3. The Bertz CT molecular complexity index is 145. The Hall–Kier alpha value is -0.850. The largest absolute Gasteiger partial charge is 0.303 e. The van der Waals surface area contributed by atoms with Crippen LogP contribution in [-0.4, -0.2) is 6.29 Å². The molecule has 0 N–H and O–H groups in total.